The van der Waals surface area contributed by atoms with Gasteiger partial charge >= 0.3 is 5.69 Å². The van der Waals surface area contributed by atoms with Crippen LogP contribution >= 0.6 is 22.7 Å². The molecule has 0 saturated carbocycles. The van der Waals surface area contributed by atoms with Crippen LogP contribution in [0.5, 0.6) is 0 Å². The Morgan fingerprint density at radius 2 is 1.78 bits per heavy atom. The minimum absolute atomic E-state index is 0.230. The van der Waals surface area contributed by atoms with Gasteiger partial charge in [-0.2, -0.15) is 0 Å². The Kier molecular flexibility index (Phi) is 2.38. The molecule has 0 fully saturated rings. The van der Waals surface area contributed by atoms with E-state index in [9.17, 15) is 4.91 Å². The van der Waals surface area contributed by atoms with Gasteiger partial charge in [-0.05, 0) is 4.91 Å². The highest BCUT2D eigenvalue weighted by molar-refractivity contribution is 7.14. The topological polar surface area (TPSA) is 130 Å². The van der Waals surface area contributed by atoms with Crippen LogP contribution < -0.4 is 16.1 Å². The summed E-state index contributed by atoms with van der Waals surface area (Å²) in [7, 11) is 0. The lowest BCUT2D eigenvalue weighted by Crippen LogP contribution is -2.12. The van der Waals surface area contributed by atoms with E-state index in [4.69, 9.17) is 16.1 Å². The van der Waals surface area contributed by atoms with Crippen molar-refractivity contribution < 1.29 is 9.23 Å². The molecule has 3 heterocycles. The number of nitrogens with two attached hydrogens (primary N) is 2. The van der Waals surface area contributed by atoms with Crippen LogP contribution in [0.15, 0.2) is 15.4 Å². The molecular weight excluding hydrogens is 276 g/mol. The lowest BCUT2D eigenvalue weighted by atomic mass is 10.2. The standard InChI is InChI=1S/C8H7N6O2S2/c9-7-11-3(1-17-7)5-6(14(15)16-13-5)4-2-18-8(10)12-4/h1-2,13H,(H2,9,11)(H2,10,12)/q+1. The van der Waals surface area contributed by atoms with Crippen molar-refractivity contribution in [2.75, 3.05) is 11.5 Å². The highest BCUT2D eigenvalue weighted by Gasteiger charge is 2.27. The summed E-state index contributed by atoms with van der Waals surface area (Å²) in [6.07, 6.45) is 0. The van der Waals surface area contributed by atoms with E-state index in [1.54, 1.807) is 10.8 Å². The Hall–Kier alpha value is -2.20. The molecule has 0 amide bonds. The molecule has 0 aliphatic carbocycles. The number of hydrogen-bond donors (Lipinski definition) is 3. The molecule has 0 radical (unpaired) electrons. The average Bonchev–Trinajstić information content (AvgIpc) is 2.99. The number of anilines is 2. The first-order valence-electron chi connectivity index (χ1n) is 4.72. The van der Waals surface area contributed by atoms with Gasteiger partial charge in [-0.1, -0.05) is 9.79 Å². The Balaban J connectivity index is 2.21. The molecule has 0 aliphatic heterocycles. The molecular formula is C8H7N6O2S2+. The number of nitrogen functional groups attached to an aromatic ring is 2. The summed E-state index contributed by atoms with van der Waals surface area (Å²) in [5.74, 6) is 0. The molecule has 0 spiro atoms. The zero-order valence-electron chi connectivity index (χ0n) is 8.78. The van der Waals surface area contributed by atoms with Gasteiger partial charge < -0.3 is 11.5 Å². The second-order valence-corrected chi connectivity index (χ2v) is 5.10. The van der Waals surface area contributed by atoms with E-state index in [1.165, 1.54) is 22.7 Å². The van der Waals surface area contributed by atoms with Gasteiger partial charge in [0.15, 0.2) is 14.9 Å². The van der Waals surface area contributed by atoms with Crippen molar-refractivity contribution in [3.8, 4) is 22.8 Å². The summed E-state index contributed by atoms with van der Waals surface area (Å²) in [5.41, 5.74) is 12.7. The maximum Gasteiger partial charge on any atom is 0.300 e. The van der Waals surface area contributed by atoms with Gasteiger partial charge in [0.05, 0.1) is 0 Å². The van der Waals surface area contributed by atoms with Gasteiger partial charge in [0.2, 0.25) is 5.69 Å². The largest absolute Gasteiger partial charge is 0.375 e. The van der Waals surface area contributed by atoms with Crippen molar-refractivity contribution in [1.82, 2.24) is 15.1 Å². The minimum Gasteiger partial charge on any atom is -0.375 e. The molecule has 3 rings (SSSR count). The SMILES string of the molecule is Nc1nc(-c2[nH]o[n+](=O)c2-c2csc(N)n2)cs1. The quantitative estimate of drug-likeness (QED) is 0.641. The number of hydrogen-bond acceptors (Lipinski definition) is 8. The van der Waals surface area contributed by atoms with Gasteiger partial charge in [-0.3, -0.25) is 0 Å². The Morgan fingerprint density at radius 3 is 2.33 bits per heavy atom. The third-order valence-corrected chi connectivity index (χ3v) is 3.54. The van der Waals surface area contributed by atoms with Crippen LogP contribution in [0.3, 0.4) is 0 Å². The number of nitrogens with one attached hydrogen (secondary N) is 1. The van der Waals surface area contributed by atoms with E-state index in [-0.39, 0.29) is 5.69 Å². The Morgan fingerprint density at radius 1 is 1.17 bits per heavy atom. The second kappa shape index (κ2) is 3.92. The Bertz CT molecular complexity index is 754. The van der Waals surface area contributed by atoms with Crippen LogP contribution in [0.1, 0.15) is 0 Å². The van der Waals surface area contributed by atoms with Gasteiger partial charge in [0.1, 0.15) is 11.4 Å². The molecule has 3 aromatic heterocycles. The maximum atomic E-state index is 11.6. The summed E-state index contributed by atoms with van der Waals surface area (Å²) in [6, 6.07) is 0. The van der Waals surface area contributed by atoms with Crippen molar-refractivity contribution in [3.05, 3.63) is 15.7 Å². The van der Waals surface area contributed by atoms with Crippen LogP contribution in [0, 0.1) is 4.91 Å². The number of thiazole rings is 2. The fourth-order valence-electron chi connectivity index (χ4n) is 1.47. The average molecular weight is 283 g/mol. The van der Waals surface area contributed by atoms with E-state index < -0.39 is 0 Å². The van der Waals surface area contributed by atoms with Crippen molar-refractivity contribution in [3.63, 3.8) is 0 Å². The summed E-state index contributed by atoms with van der Waals surface area (Å²) in [4.78, 5) is 19.7. The maximum absolute atomic E-state index is 11.6. The molecule has 0 aromatic carbocycles. The van der Waals surface area contributed by atoms with E-state index in [0.29, 0.717) is 31.9 Å². The first-order chi connectivity index (χ1) is 8.65. The molecule has 0 bridgehead atoms. The predicted octanol–water partition coefficient (Wildman–Crippen LogP) is 0.934. The molecule has 0 atom stereocenters. The normalized spacial score (nSPS) is 10.9. The number of rotatable bonds is 2. The zero-order chi connectivity index (χ0) is 12.7. The van der Waals surface area contributed by atoms with E-state index in [0.717, 1.165) is 0 Å². The van der Waals surface area contributed by atoms with Crippen molar-refractivity contribution in [2.45, 2.75) is 0 Å². The van der Waals surface area contributed by atoms with Gasteiger partial charge in [-0.25, -0.2) is 9.97 Å². The number of aromatic amines is 1. The van der Waals surface area contributed by atoms with E-state index in [1.807, 2.05) is 0 Å². The fraction of sp³-hybridized carbons (Fsp3) is 0. The zero-order valence-corrected chi connectivity index (χ0v) is 10.4. The van der Waals surface area contributed by atoms with Crippen molar-refractivity contribution >= 4 is 32.9 Å². The Labute approximate surface area is 107 Å². The van der Waals surface area contributed by atoms with Crippen molar-refractivity contribution in [2.24, 2.45) is 0 Å². The molecule has 10 heteroatoms. The van der Waals surface area contributed by atoms with E-state index >= 15 is 0 Å². The molecule has 0 aliphatic rings. The van der Waals surface area contributed by atoms with Gasteiger partial charge in [0, 0.05) is 10.8 Å². The highest BCUT2D eigenvalue weighted by Crippen LogP contribution is 2.30. The summed E-state index contributed by atoms with van der Waals surface area (Å²) in [6.45, 7) is 0. The lowest BCUT2D eigenvalue weighted by molar-refractivity contribution is -0.704. The summed E-state index contributed by atoms with van der Waals surface area (Å²) in [5, 5.41) is 6.66. The van der Waals surface area contributed by atoms with Crippen LogP contribution in [-0.2, 0) is 0 Å². The molecule has 5 N–H and O–H groups in total. The summed E-state index contributed by atoms with van der Waals surface area (Å²) >= 11 is 2.51. The predicted molar refractivity (Wildman–Crippen MR) is 67.5 cm³/mol. The molecule has 0 unspecified atom stereocenters. The fourth-order valence-corrected chi connectivity index (χ4v) is 2.57. The van der Waals surface area contributed by atoms with Crippen LogP contribution in [0.25, 0.3) is 22.8 Å². The number of H-pyrrole nitrogens is 1. The van der Waals surface area contributed by atoms with Gasteiger partial charge in [0.25, 0.3) is 0 Å². The monoisotopic (exact) mass is 283 g/mol. The van der Waals surface area contributed by atoms with Crippen LogP contribution in [0.4, 0.5) is 10.3 Å². The lowest BCUT2D eigenvalue weighted by Gasteiger charge is -1.86. The van der Waals surface area contributed by atoms with Gasteiger partial charge in [-0.15, -0.1) is 22.7 Å². The number of nitrogens with zero attached hydrogens (tertiary/aromatic N) is 3. The molecule has 3 aromatic rings. The smallest absolute Gasteiger partial charge is 0.300 e. The van der Waals surface area contributed by atoms with Crippen LogP contribution in [0.2, 0.25) is 0 Å². The first kappa shape index (κ1) is 10.9. The van der Waals surface area contributed by atoms with Crippen molar-refractivity contribution in [1.29, 1.82) is 0 Å². The van der Waals surface area contributed by atoms with Crippen LogP contribution in [-0.4, -0.2) is 15.1 Å². The third-order valence-electron chi connectivity index (χ3n) is 2.19. The minimum atomic E-state index is 0.230. The molecule has 18 heavy (non-hydrogen) atoms. The number of aromatic nitrogens is 4. The molecule has 92 valence electrons. The highest BCUT2D eigenvalue weighted by atomic mass is 32.1. The summed E-state index contributed by atoms with van der Waals surface area (Å²) < 4.78 is 5.04. The third kappa shape index (κ3) is 1.67. The van der Waals surface area contributed by atoms with E-state index in [2.05, 4.69) is 15.1 Å². The molecule has 8 nitrogen and oxygen atoms in total. The molecule has 0 saturated heterocycles. The second-order valence-electron chi connectivity index (χ2n) is 3.32. The first-order valence-corrected chi connectivity index (χ1v) is 6.48.